The number of hydrogen-bond donors (Lipinski definition) is 2. The molecule has 0 saturated carbocycles. The number of hydrogen-bond acceptors (Lipinski definition) is 2. The Balaban J connectivity index is 2.94. The molecule has 0 spiro atoms. The van der Waals surface area contributed by atoms with Crippen LogP contribution in [-0.4, -0.2) is 0 Å². The molecule has 0 aromatic heterocycles. The van der Waals surface area contributed by atoms with Gasteiger partial charge in [0.1, 0.15) is 0 Å². The van der Waals surface area contributed by atoms with Crippen molar-refractivity contribution in [1.29, 1.82) is 0 Å². The number of hydrazine groups is 1. The molecule has 0 fully saturated rings. The molecule has 1 unspecified atom stereocenters. The second-order valence-electron chi connectivity index (χ2n) is 3.69. The van der Waals surface area contributed by atoms with Crippen LogP contribution < -0.4 is 11.3 Å². The third-order valence-electron chi connectivity index (χ3n) is 2.53. The molecule has 0 amide bonds. The van der Waals surface area contributed by atoms with Gasteiger partial charge in [0.15, 0.2) is 0 Å². The summed E-state index contributed by atoms with van der Waals surface area (Å²) in [4.78, 5) is 0. The van der Waals surface area contributed by atoms with E-state index in [-0.39, 0.29) is 6.04 Å². The number of benzene rings is 1. The predicted octanol–water partition coefficient (Wildman–Crippen LogP) is 3.81. The monoisotopic (exact) mass is 350 g/mol. The van der Waals surface area contributed by atoms with E-state index in [0.717, 1.165) is 27.0 Å². The van der Waals surface area contributed by atoms with Gasteiger partial charge in [0, 0.05) is 8.59 Å². The van der Waals surface area contributed by atoms with Gasteiger partial charge in [-0.2, -0.15) is 0 Å². The van der Waals surface area contributed by atoms with Gasteiger partial charge in [0.2, 0.25) is 0 Å². The Hall–Kier alpha value is -0.100. The number of rotatable bonds is 5. The fourth-order valence-corrected chi connectivity index (χ4v) is 2.37. The third kappa shape index (κ3) is 3.73. The van der Waals surface area contributed by atoms with E-state index in [1.807, 2.05) is 18.2 Å². The van der Waals surface area contributed by atoms with E-state index in [4.69, 9.17) is 17.4 Å². The van der Waals surface area contributed by atoms with Crippen molar-refractivity contribution < 1.29 is 0 Å². The van der Waals surface area contributed by atoms with Crippen molar-refractivity contribution in [3.8, 4) is 0 Å². The standard InChI is InChI=1S/C12H16ClIN2/c1-3-8(2)6-12(16-15)10-7-9(13)4-5-11(10)14/h4-5,7,12,16H,2-3,6,15H2,1H3. The largest absolute Gasteiger partial charge is 0.271 e. The highest BCUT2D eigenvalue weighted by atomic mass is 127. The molecule has 0 saturated heterocycles. The van der Waals surface area contributed by atoms with Crippen molar-refractivity contribution in [2.45, 2.75) is 25.8 Å². The zero-order valence-corrected chi connectivity index (χ0v) is 12.2. The Kier molecular flexibility index (Phi) is 5.75. The highest BCUT2D eigenvalue weighted by Gasteiger charge is 2.14. The second kappa shape index (κ2) is 6.59. The van der Waals surface area contributed by atoms with Gasteiger partial charge in [-0.15, -0.1) is 0 Å². The fourth-order valence-electron chi connectivity index (χ4n) is 1.47. The van der Waals surface area contributed by atoms with E-state index in [9.17, 15) is 0 Å². The van der Waals surface area contributed by atoms with Crippen LogP contribution in [0.15, 0.2) is 30.4 Å². The lowest BCUT2D eigenvalue weighted by Gasteiger charge is -2.19. The maximum Gasteiger partial charge on any atom is 0.0507 e. The number of nitrogens with one attached hydrogen (secondary N) is 1. The molecule has 0 bridgehead atoms. The first kappa shape index (κ1) is 14.0. The van der Waals surface area contributed by atoms with Crippen molar-refractivity contribution in [1.82, 2.24) is 5.43 Å². The van der Waals surface area contributed by atoms with Crippen LogP contribution in [0.5, 0.6) is 0 Å². The summed E-state index contributed by atoms with van der Waals surface area (Å²) in [5.74, 6) is 5.59. The fraction of sp³-hybridized carbons (Fsp3) is 0.333. The first-order chi connectivity index (χ1) is 7.58. The van der Waals surface area contributed by atoms with E-state index in [2.05, 4.69) is 41.5 Å². The Labute approximate surface area is 115 Å². The summed E-state index contributed by atoms with van der Waals surface area (Å²) in [5, 5.41) is 0.734. The van der Waals surface area contributed by atoms with E-state index < -0.39 is 0 Å². The Morgan fingerprint density at radius 2 is 2.31 bits per heavy atom. The molecule has 0 aliphatic rings. The lowest BCUT2D eigenvalue weighted by molar-refractivity contribution is 0.543. The van der Waals surface area contributed by atoms with E-state index in [0.29, 0.717) is 0 Å². The Morgan fingerprint density at radius 3 is 2.88 bits per heavy atom. The molecule has 1 rings (SSSR count). The molecule has 1 aromatic carbocycles. The van der Waals surface area contributed by atoms with Gasteiger partial charge in [0.05, 0.1) is 6.04 Å². The molecule has 4 heteroatoms. The quantitative estimate of drug-likeness (QED) is 0.367. The van der Waals surface area contributed by atoms with Crippen molar-refractivity contribution in [2.75, 3.05) is 0 Å². The SMILES string of the molecule is C=C(CC)CC(NN)c1cc(Cl)ccc1I. The van der Waals surface area contributed by atoms with Crippen LogP contribution in [0.3, 0.4) is 0 Å². The Bertz CT molecular complexity index is 379. The van der Waals surface area contributed by atoms with Crippen molar-refractivity contribution >= 4 is 34.2 Å². The molecule has 0 aliphatic heterocycles. The summed E-state index contributed by atoms with van der Waals surface area (Å²) < 4.78 is 1.16. The topological polar surface area (TPSA) is 38.0 Å². The summed E-state index contributed by atoms with van der Waals surface area (Å²) in [7, 11) is 0. The first-order valence-electron chi connectivity index (χ1n) is 5.16. The highest BCUT2D eigenvalue weighted by Crippen LogP contribution is 2.27. The van der Waals surface area contributed by atoms with Crippen molar-refractivity contribution in [3.63, 3.8) is 0 Å². The summed E-state index contributed by atoms with van der Waals surface area (Å²) in [6.07, 6.45) is 1.80. The molecule has 1 atom stereocenters. The number of halogens is 2. The summed E-state index contributed by atoms with van der Waals surface area (Å²) >= 11 is 8.28. The zero-order valence-electron chi connectivity index (χ0n) is 9.26. The van der Waals surface area contributed by atoms with E-state index in [1.54, 1.807) is 0 Å². The second-order valence-corrected chi connectivity index (χ2v) is 5.29. The average molecular weight is 351 g/mol. The van der Waals surface area contributed by atoms with Gasteiger partial charge < -0.3 is 0 Å². The molecule has 1 aromatic rings. The van der Waals surface area contributed by atoms with Gasteiger partial charge >= 0.3 is 0 Å². The van der Waals surface area contributed by atoms with Crippen LogP contribution in [0.4, 0.5) is 0 Å². The summed E-state index contributed by atoms with van der Waals surface area (Å²) in [6, 6.07) is 5.92. The molecule has 0 radical (unpaired) electrons. The molecule has 2 nitrogen and oxygen atoms in total. The molecule has 0 aliphatic carbocycles. The minimum atomic E-state index is 0.0815. The molecule has 16 heavy (non-hydrogen) atoms. The van der Waals surface area contributed by atoms with E-state index >= 15 is 0 Å². The molecule has 0 heterocycles. The van der Waals surface area contributed by atoms with Crippen molar-refractivity contribution in [2.24, 2.45) is 5.84 Å². The first-order valence-corrected chi connectivity index (χ1v) is 6.61. The minimum absolute atomic E-state index is 0.0815. The normalized spacial score (nSPS) is 12.5. The highest BCUT2D eigenvalue weighted by molar-refractivity contribution is 14.1. The smallest absolute Gasteiger partial charge is 0.0507 e. The predicted molar refractivity (Wildman–Crippen MR) is 78.3 cm³/mol. The number of nitrogens with two attached hydrogens (primary N) is 1. The third-order valence-corrected chi connectivity index (χ3v) is 3.74. The lowest BCUT2D eigenvalue weighted by Crippen LogP contribution is -2.28. The summed E-state index contributed by atoms with van der Waals surface area (Å²) in [5.41, 5.74) is 5.14. The van der Waals surface area contributed by atoms with Crippen LogP contribution in [0, 0.1) is 3.57 Å². The van der Waals surface area contributed by atoms with Gasteiger partial charge in [0.25, 0.3) is 0 Å². The van der Waals surface area contributed by atoms with Gasteiger partial charge in [-0.25, -0.2) is 0 Å². The molecular weight excluding hydrogens is 335 g/mol. The maximum atomic E-state index is 5.99. The summed E-state index contributed by atoms with van der Waals surface area (Å²) in [6.45, 7) is 6.10. The lowest BCUT2D eigenvalue weighted by atomic mass is 9.99. The van der Waals surface area contributed by atoms with Crippen LogP contribution in [0.25, 0.3) is 0 Å². The maximum absolute atomic E-state index is 5.99. The van der Waals surface area contributed by atoms with Crippen LogP contribution >= 0.6 is 34.2 Å². The van der Waals surface area contributed by atoms with Crippen LogP contribution in [0.1, 0.15) is 31.4 Å². The average Bonchev–Trinajstić information content (AvgIpc) is 2.29. The Morgan fingerprint density at radius 1 is 1.62 bits per heavy atom. The van der Waals surface area contributed by atoms with Gasteiger partial charge in [-0.05, 0) is 59.2 Å². The zero-order chi connectivity index (χ0) is 12.1. The van der Waals surface area contributed by atoms with Crippen molar-refractivity contribution in [3.05, 3.63) is 44.5 Å². The minimum Gasteiger partial charge on any atom is -0.271 e. The van der Waals surface area contributed by atoms with Gasteiger partial charge in [-0.3, -0.25) is 11.3 Å². The van der Waals surface area contributed by atoms with Crippen LogP contribution in [0.2, 0.25) is 5.02 Å². The molecule has 88 valence electrons. The molecule has 3 N–H and O–H groups in total. The van der Waals surface area contributed by atoms with Gasteiger partial charge in [-0.1, -0.05) is 30.7 Å². The van der Waals surface area contributed by atoms with E-state index in [1.165, 1.54) is 5.57 Å². The molecular formula is C12H16ClIN2. The van der Waals surface area contributed by atoms with Crippen LogP contribution in [-0.2, 0) is 0 Å².